The maximum atomic E-state index is 10.5. The summed E-state index contributed by atoms with van der Waals surface area (Å²) >= 11 is 0. The summed E-state index contributed by atoms with van der Waals surface area (Å²) in [7, 11) is 0. The Morgan fingerprint density at radius 2 is 2.00 bits per heavy atom. The van der Waals surface area contributed by atoms with Gasteiger partial charge >= 0.3 is 5.97 Å². The summed E-state index contributed by atoms with van der Waals surface area (Å²) in [5, 5.41) is 12.1. The van der Waals surface area contributed by atoms with Crippen LogP contribution in [0.5, 0.6) is 5.75 Å². The number of ether oxygens (including phenoxy) is 1. The first-order valence-corrected chi connectivity index (χ1v) is 6.41. The van der Waals surface area contributed by atoms with E-state index in [-0.39, 0.29) is 19.0 Å². The third-order valence-corrected chi connectivity index (χ3v) is 3.26. The molecule has 0 saturated heterocycles. The van der Waals surface area contributed by atoms with Crippen molar-refractivity contribution in [2.75, 3.05) is 6.61 Å². The maximum absolute atomic E-state index is 10.5. The quantitative estimate of drug-likeness (QED) is 0.843. The van der Waals surface area contributed by atoms with Crippen LogP contribution in [-0.4, -0.2) is 23.7 Å². The average molecular weight is 286 g/mol. The van der Waals surface area contributed by atoms with Gasteiger partial charge in [0.2, 0.25) is 0 Å². The summed E-state index contributed by atoms with van der Waals surface area (Å²) in [6.07, 6.45) is 5.07. The SMILES string of the molecule is Cl.O=C(O)COc1ccccc1CNC1CCCC1. The first kappa shape index (κ1) is 15.8. The van der Waals surface area contributed by atoms with E-state index < -0.39 is 5.97 Å². The van der Waals surface area contributed by atoms with Gasteiger partial charge in [0.05, 0.1) is 0 Å². The number of benzene rings is 1. The Morgan fingerprint density at radius 3 is 2.68 bits per heavy atom. The van der Waals surface area contributed by atoms with E-state index in [0.29, 0.717) is 11.8 Å². The number of hydrogen-bond acceptors (Lipinski definition) is 3. The van der Waals surface area contributed by atoms with Crippen molar-refractivity contribution in [2.24, 2.45) is 0 Å². The Hall–Kier alpha value is -1.26. The van der Waals surface area contributed by atoms with Crippen molar-refractivity contribution < 1.29 is 14.6 Å². The molecule has 0 amide bonds. The van der Waals surface area contributed by atoms with Crippen LogP contribution in [-0.2, 0) is 11.3 Å². The molecule has 0 unspecified atom stereocenters. The summed E-state index contributed by atoms with van der Waals surface area (Å²) in [6.45, 7) is 0.445. The van der Waals surface area contributed by atoms with Gasteiger partial charge in [0.1, 0.15) is 5.75 Å². The molecule has 0 aromatic heterocycles. The standard InChI is InChI=1S/C14H19NO3.ClH/c16-14(17)10-18-13-8-4-1-5-11(13)9-15-12-6-2-3-7-12;/h1,4-5,8,12,15H,2-3,6-7,9-10H2,(H,16,17);1H. The van der Waals surface area contributed by atoms with E-state index in [4.69, 9.17) is 9.84 Å². The minimum Gasteiger partial charge on any atom is -0.482 e. The van der Waals surface area contributed by atoms with E-state index in [1.807, 2.05) is 24.3 Å². The highest BCUT2D eigenvalue weighted by Crippen LogP contribution is 2.21. The van der Waals surface area contributed by atoms with E-state index in [1.54, 1.807) is 0 Å². The zero-order chi connectivity index (χ0) is 12.8. The number of aliphatic carboxylic acids is 1. The molecule has 1 aromatic rings. The van der Waals surface area contributed by atoms with Crippen LogP contribution in [0.25, 0.3) is 0 Å². The molecule has 0 heterocycles. The smallest absolute Gasteiger partial charge is 0.341 e. The third-order valence-electron chi connectivity index (χ3n) is 3.26. The summed E-state index contributed by atoms with van der Waals surface area (Å²) in [5.74, 6) is -0.293. The van der Waals surface area contributed by atoms with Crippen LogP contribution in [0.3, 0.4) is 0 Å². The molecule has 0 spiro atoms. The fourth-order valence-electron chi connectivity index (χ4n) is 2.31. The molecule has 0 radical (unpaired) electrons. The number of hydrogen-bond donors (Lipinski definition) is 2. The minimum atomic E-state index is -0.950. The number of rotatable bonds is 6. The molecule has 1 fully saturated rings. The van der Waals surface area contributed by atoms with Crippen LogP contribution in [0.1, 0.15) is 31.2 Å². The fourth-order valence-corrected chi connectivity index (χ4v) is 2.31. The minimum absolute atomic E-state index is 0. The van der Waals surface area contributed by atoms with Crippen LogP contribution in [0.4, 0.5) is 0 Å². The van der Waals surface area contributed by atoms with Gasteiger partial charge in [-0.05, 0) is 18.9 Å². The molecular weight excluding hydrogens is 266 g/mol. The number of carboxylic acids is 1. The van der Waals surface area contributed by atoms with E-state index in [9.17, 15) is 4.79 Å². The Morgan fingerprint density at radius 1 is 1.32 bits per heavy atom. The van der Waals surface area contributed by atoms with Crippen LogP contribution < -0.4 is 10.1 Å². The molecule has 2 N–H and O–H groups in total. The highest BCUT2D eigenvalue weighted by molar-refractivity contribution is 5.85. The van der Waals surface area contributed by atoms with Crippen LogP contribution in [0.15, 0.2) is 24.3 Å². The lowest BCUT2D eigenvalue weighted by Gasteiger charge is -2.14. The van der Waals surface area contributed by atoms with E-state index >= 15 is 0 Å². The van der Waals surface area contributed by atoms with Gasteiger partial charge in [0, 0.05) is 18.2 Å². The largest absolute Gasteiger partial charge is 0.482 e. The number of carboxylic acid groups (broad SMARTS) is 1. The molecule has 4 nitrogen and oxygen atoms in total. The van der Waals surface area contributed by atoms with Gasteiger partial charge < -0.3 is 15.2 Å². The van der Waals surface area contributed by atoms with Crippen molar-refractivity contribution in [3.8, 4) is 5.75 Å². The van der Waals surface area contributed by atoms with Gasteiger partial charge in [0.15, 0.2) is 6.61 Å². The lowest BCUT2D eigenvalue weighted by molar-refractivity contribution is -0.139. The third kappa shape index (κ3) is 5.09. The summed E-state index contributed by atoms with van der Waals surface area (Å²) in [6, 6.07) is 8.18. The monoisotopic (exact) mass is 285 g/mol. The lowest BCUT2D eigenvalue weighted by Crippen LogP contribution is -2.25. The van der Waals surface area contributed by atoms with Crippen molar-refractivity contribution >= 4 is 18.4 Å². The van der Waals surface area contributed by atoms with Gasteiger partial charge in [-0.1, -0.05) is 31.0 Å². The summed E-state index contributed by atoms with van der Waals surface area (Å²) in [5.41, 5.74) is 1.02. The molecule has 0 aliphatic heterocycles. The van der Waals surface area contributed by atoms with Gasteiger partial charge in [-0.2, -0.15) is 0 Å². The Balaban J connectivity index is 0.00000180. The van der Waals surface area contributed by atoms with E-state index in [0.717, 1.165) is 12.1 Å². The molecule has 1 aliphatic carbocycles. The topological polar surface area (TPSA) is 58.6 Å². The Labute approximate surface area is 119 Å². The Kier molecular flexibility index (Phi) is 6.67. The summed E-state index contributed by atoms with van der Waals surface area (Å²) < 4.78 is 5.27. The van der Waals surface area contributed by atoms with E-state index in [1.165, 1.54) is 25.7 Å². The van der Waals surface area contributed by atoms with Gasteiger partial charge in [0.25, 0.3) is 0 Å². The molecule has 1 aromatic carbocycles. The molecule has 1 saturated carbocycles. The fraction of sp³-hybridized carbons (Fsp3) is 0.500. The molecular formula is C14H20ClNO3. The Bertz CT molecular complexity index is 405. The highest BCUT2D eigenvalue weighted by Gasteiger charge is 2.14. The van der Waals surface area contributed by atoms with Crippen molar-refractivity contribution in [3.05, 3.63) is 29.8 Å². The molecule has 5 heteroatoms. The average Bonchev–Trinajstić information content (AvgIpc) is 2.88. The lowest BCUT2D eigenvalue weighted by atomic mass is 10.1. The second-order valence-corrected chi connectivity index (χ2v) is 4.65. The highest BCUT2D eigenvalue weighted by atomic mass is 35.5. The predicted octanol–water partition coefficient (Wildman–Crippen LogP) is 2.60. The van der Waals surface area contributed by atoms with Crippen LogP contribution in [0.2, 0.25) is 0 Å². The van der Waals surface area contributed by atoms with E-state index in [2.05, 4.69) is 5.32 Å². The summed E-state index contributed by atoms with van der Waals surface area (Å²) in [4.78, 5) is 10.5. The maximum Gasteiger partial charge on any atom is 0.341 e. The molecule has 1 aliphatic rings. The molecule has 19 heavy (non-hydrogen) atoms. The van der Waals surface area contributed by atoms with Gasteiger partial charge in [-0.25, -0.2) is 4.79 Å². The predicted molar refractivity (Wildman–Crippen MR) is 75.9 cm³/mol. The number of halogens is 1. The van der Waals surface area contributed by atoms with Gasteiger partial charge in [-0.15, -0.1) is 12.4 Å². The van der Waals surface area contributed by atoms with Crippen molar-refractivity contribution in [2.45, 2.75) is 38.3 Å². The van der Waals surface area contributed by atoms with Crippen molar-refractivity contribution in [1.29, 1.82) is 0 Å². The van der Waals surface area contributed by atoms with Crippen molar-refractivity contribution in [1.82, 2.24) is 5.32 Å². The zero-order valence-electron chi connectivity index (χ0n) is 10.8. The second-order valence-electron chi connectivity index (χ2n) is 4.65. The van der Waals surface area contributed by atoms with Crippen molar-refractivity contribution in [3.63, 3.8) is 0 Å². The molecule has 2 rings (SSSR count). The molecule has 0 bridgehead atoms. The zero-order valence-corrected chi connectivity index (χ0v) is 11.6. The second kappa shape index (κ2) is 8.02. The van der Waals surface area contributed by atoms with Crippen LogP contribution in [0, 0.1) is 0 Å². The first-order chi connectivity index (χ1) is 8.75. The van der Waals surface area contributed by atoms with Gasteiger partial charge in [-0.3, -0.25) is 0 Å². The number of carbonyl (C=O) groups is 1. The number of para-hydroxylation sites is 1. The first-order valence-electron chi connectivity index (χ1n) is 6.41. The normalized spacial score (nSPS) is 14.9. The van der Waals surface area contributed by atoms with Crippen LogP contribution >= 0.6 is 12.4 Å². The molecule has 0 atom stereocenters. The number of nitrogens with one attached hydrogen (secondary N) is 1. The molecule has 106 valence electrons.